The van der Waals surface area contributed by atoms with Crippen LogP contribution < -0.4 is 9.64 Å². The Balaban J connectivity index is 1.78. The van der Waals surface area contributed by atoms with Gasteiger partial charge in [-0.2, -0.15) is 0 Å². The highest BCUT2D eigenvalue weighted by Crippen LogP contribution is 2.30. The fourth-order valence-electron chi connectivity index (χ4n) is 2.70. The van der Waals surface area contributed by atoms with Gasteiger partial charge in [0.1, 0.15) is 17.3 Å². The highest BCUT2D eigenvalue weighted by atomic mass is 79.9. The number of hydrogen-bond donors (Lipinski definition) is 0. The lowest BCUT2D eigenvalue weighted by Crippen LogP contribution is -2.32. The summed E-state index contributed by atoms with van der Waals surface area (Å²) in [6, 6.07) is 15.2. The first-order valence-electron chi connectivity index (χ1n) is 8.10. The fraction of sp³-hybridized carbons (Fsp3) is 0.0500. The minimum Gasteiger partial charge on any atom is -0.497 e. The Hall–Kier alpha value is -2.77. The number of thiazole rings is 1. The number of aromatic nitrogens is 1. The molecule has 0 atom stereocenters. The third-order valence-electron chi connectivity index (χ3n) is 3.97. The van der Waals surface area contributed by atoms with Gasteiger partial charge in [0.05, 0.1) is 7.11 Å². The average molecular weight is 440 g/mol. The zero-order valence-electron chi connectivity index (χ0n) is 14.3. The minimum absolute atomic E-state index is 0.198. The number of hydrogen-bond acceptors (Lipinski definition) is 5. The Labute approximate surface area is 168 Å². The molecular formula is C20H14BrN3O2S. The number of rotatable bonds is 4. The largest absolute Gasteiger partial charge is 0.497 e. The molecule has 0 unspecified atom stereocenters. The van der Waals surface area contributed by atoms with Crippen molar-refractivity contribution in [1.82, 2.24) is 4.98 Å². The van der Waals surface area contributed by atoms with Gasteiger partial charge in [0.2, 0.25) is 0 Å². The summed E-state index contributed by atoms with van der Waals surface area (Å²) in [7, 11) is 1.62. The number of aliphatic imine (C=N–C) groups is 1. The monoisotopic (exact) mass is 439 g/mol. The Morgan fingerprint density at radius 1 is 1.19 bits per heavy atom. The Kier molecular flexibility index (Phi) is 4.87. The molecule has 134 valence electrons. The van der Waals surface area contributed by atoms with Crippen molar-refractivity contribution in [2.45, 2.75) is 0 Å². The lowest BCUT2D eigenvalue weighted by Gasteiger charge is -2.15. The second-order valence-corrected chi connectivity index (χ2v) is 7.49. The van der Waals surface area contributed by atoms with Crippen molar-refractivity contribution >= 4 is 50.2 Å². The van der Waals surface area contributed by atoms with Crippen molar-refractivity contribution in [1.29, 1.82) is 0 Å². The van der Waals surface area contributed by atoms with E-state index in [1.807, 2.05) is 53.9 Å². The molecule has 7 heteroatoms. The van der Waals surface area contributed by atoms with Crippen LogP contribution in [0.15, 0.2) is 75.3 Å². The van der Waals surface area contributed by atoms with Crippen molar-refractivity contribution in [3.63, 3.8) is 0 Å². The molecule has 0 bridgehead atoms. The number of ether oxygens (including phenoxy) is 1. The second-order valence-electron chi connectivity index (χ2n) is 5.70. The number of amides is 1. The van der Waals surface area contributed by atoms with E-state index in [2.05, 4.69) is 25.9 Å². The summed E-state index contributed by atoms with van der Waals surface area (Å²) in [5.74, 6) is 1.13. The maximum absolute atomic E-state index is 13.1. The summed E-state index contributed by atoms with van der Waals surface area (Å²) < 4.78 is 6.10. The molecule has 1 aliphatic heterocycles. The van der Waals surface area contributed by atoms with Gasteiger partial charge in [-0.25, -0.2) is 14.9 Å². The molecule has 2 heterocycles. The lowest BCUT2D eigenvalue weighted by molar-refractivity contribution is -0.113. The van der Waals surface area contributed by atoms with Gasteiger partial charge in [-0.05, 0) is 35.9 Å². The van der Waals surface area contributed by atoms with E-state index < -0.39 is 0 Å². The van der Waals surface area contributed by atoms with Gasteiger partial charge in [0.15, 0.2) is 5.13 Å². The number of methoxy groups -OCH3 is 1. The molecule has 0 spiro atoms. The van der Waals surface area contributed by atoms with Gasteiger partial charge in [-0.15, -0.1) is 11.3 Å². The Bertz CT molecular complexity index is 1040. The number of nitrogens with zero attached hydrogens (tertiary/aromatic N) is 3. The van der Waals surface area contributed by atoms with E-state index >= 15 is 0 Å². The molecule has 0 saturated heterocycles. The zero-order chi connectivity index (χ0) is 18.8. The normalized spacial score (nSPS) is 15.3. The summed E-state index contributed by atoms with van der Waals surface area (Å²) in [5.41, 5.74) is 2.08. The molecule has 0 aliphatic carbocycles. The van der Waals surface area contributed by atoms with Gasteiger partial charge < -0.3 is 4.74 Å². The van der Waals surface area contributed by atoms with Gasteiger partial charge >= 0.3 is 0 Å². The van der Waals surface area contributed by atoms with Gasteiger partial charge in [-0.1, -0.05) is 40.2 Å². The van der Waals surface area contributed by atoms with E-state index in [0.717, 1.165) is 21.3 Å². The SMILES string of the molecule is COc1ccc(/C=C2/N=C(c3cccc(Br)c3)N(c3nccs3)C2=O)cc1. The molecule has 0 fully saturated rings. The maximum Gasteiger partial charge on any atom is 0.284 e. The van der Waals surface area contributed by atoms with Crippen molar-refractivity contribution < 1.29 is 9.53 Å². The molecule has 1 aliphatic rings. The molecule has 5 nitrogen and oxygen atoms in total. The van der Waals surface area contributed by atoms with E-state index in [1.54, 1.807) is 24.3 Å². The molecule has 3 aromatic rings. The predicted molar refractivity (Wildman–Crippen MR) is 111 cm³/mol. The molecule has 0 N–H and O–H groups in total. The van der Waals surface area contributed by atoms with Gasteiger partial charge in [-0.3, -0.25) is 4.79 Å². The summed E-state index contributed by atoms with van der Waals surface area (Å²) in [5, 5.41) is 2.43. The predicted octanol–water partition coefficient (Wildman–Crippen LogP) is 4.75. The molecule has 0 radical (unpaired) electrons. The standard InChI is InChI=1S/C20H14BrN3O2S/c1-26-16-7-5-13(6-8-16)11-17-19(25)24(20-22-9-10-27-20)18(23-17)14-3-2-4-15(21)12-14/h2-12H,1H3/b17-11+. The third kappa shape index (κ3) is 3.56. The van der Waals surface area contributed by atoms with E-state index in [4.69, 9.17) is 4.74 Å². The first kappa shape index (κ1) is 17.6. The highest BCUT2D eigenvalue weighted by Gasteiger charge is 2.34. The van der Waals surface area contributed by atoms with Crippen molar-refractivity contribution in [3.05, 3.63) is 81.4 Å². The fourth-order valence-corrected chi connectivity index (χ4v) is 3.74. The molecule has 2 aromatic carbocycles. The van der Waals surface area contributed by atoms with Crippen molar-refractivity contribution in [2.24, 2.45) is 4.99 Å². The van der Waals surface area contributed by atoms with Crippen LogP contribution in [0.2, 0.25) is 0 Å². The Morgan fingerprint density at radius 2 is 2.00 bits per heavy atom. The van der Waals surface area contributed by atoms with Crippen LogP contribution in [-0.2, 0) is 4.79 Å². The number of carbonyl (C=O) groups excluding carboxylic acids is 1. The number of benzene rings is 2. The molecule has 4 rings (SSSR count). The molecule has 1 aromatic heterocycles. The summed E-state index contributed by atoms with van der Waals surface area (Å²) in [4.78, 5) is 23.6. The molecule has 1 amide bonds. The third-order valence-corrected chi connectivity index (χ3v) is 5.22. The lowest BCUT2D eigenvalue weighted by atomic mass is 10.2. The van der Waals surface area contributed by atoms with Crippen LogP contribution in [-0.4, -0.2) is 23.8 Å². The molecule has 27 heavy (non-hydrogen) atoms. The topological polar surface area (TPSA) is 54.8 Å². The van der Waals surface area contributed by atoms with Crippen LogP contribution in [0.4, 0.5) is 5.13 Å². The number of anilines is 1. The zero-order valence-corrected chi connectivity index (χ0v) is 16.7. The van der Waals surface area contributed by atoms with Gasteiger partial charge in [0, 0.05) is 21.6 Å². The summed E-state index contributed by atoms with van der Waals surface area (Å²) in [6.07, 6.45) is 3.45. The van der Waals surface area contributed by atoms with E-state index in [0.29, 0.717) is 16.7 Å². The van der Waals surface area contributed by atoms with Crippen LogP contribution in [0.1, 0.15) is 11.1 Å². The maximum atomic E-state index is 13.1. The van der Waals surface area contributed by atoms with Crippen LogP contribution in [0.25, 0.3) is 6.08 Å². The van der Waals surface area contributed by atoms with Crippen molar-refractivity contribution in [2.75, 3.05) is 12.0 Å². The van der Waals surface area contributed by atoms with E-state index in [9.17, 15) is 4.79 Å². The van der Waals surface area contributed by atoms with Crippen molar-refractivity contribution in [3.8, 4) is 5.75 Å². The first-order chi connectivity index (χ1) is 13.2. The number of carbonyl (C=O) groups is 1. The second kappa shape index (κ2) is 7.46. The highest BCUT2D eigenvalue weighted by molar-refractivity contribution is 9.10. The van der Waals surface area contributed by atoms with Crippen LogP contribution >= 0.6 is 27.3 Å². The molecular weight excluding hydrogens is 426 g/mol. The minimum atomic E-state index is -0.198. The van der Waals surface area contributed by atoms with Crippen LogP contribution in [0.3, 0.4) is 0 Å². The Morgan fingerprint density at radius 3 is 2.67 bits per heavy atom. The number of amidine groups is 1. The average Bonchev–Trinajstić information content (AvgIpc) is 3.31. The van der Waals surface area contributed by atoms with Gasteiger partial charge in [0.25, 0.3) is 5.91 Å². The van der Waals surface area contributed by atoms with E-state index in [-0.39, 0.29) is 5.91 Å². The first-order valence-corrected chi connectivity index (χ1v) is 9.77. The summed E-state index contributed by atoms with van der Waals surface area (Å²) in [6.45, 7) is 0. The summed E-state index contributed by atoms with van der Waals surface area (Å²) >= 11 is 4.88. The van der Waals surface area contributed by atoms with Crippen LogP contribution in [0.5, 0.6) is 5.75 Å². The van der Waals surface area contributed by atoms with Crippen LogP contribution in [0, 0.1) is 0 Å². The smallest absolute Gasteiger partial charge is 0.284 e. The quantitative estimate of drug-likeness (QED) is 0.551. The number of halogens is 1. The van der Waals surface area contributed by atoms with E-state index in [1.165, 1.54) is 11.3 Å². The molecule has 0 saturated carbocycles.